The number of anilines is 1. The lowest BCUT2D eigenvalue weighted by Crippen LogP contribution is -2.44. The molecule has 1 atom stereocenters. The average molecular weight is 412 g/mol. The molecule has 0 unspecified atom stereocenters. The Kier molecular flexibility index (Phi) is 5.28. The van der Waals surface area contributed by atoms with Crippen molar-refractivity contribution >= 4 is 11.6 Å². The van der Waals surface area contributed by atoms with Crippen molar-refractivity contribution in [3.8, 4) is 0 Å². The fourth-order valence-corrected chi connectivity index (χ4v) is 4.82. The molecule has 1 amide bonds. The van der Waals surface area contributed by atoms with Gasteiger partial charge in [0.25, 0.3) is 11.5 Å². The van der Waals surface area contributed by atoms with E-state index in [4.69, 9.17) is 4.74 Å². The van der Waals surface area contributed by atoms with E-state index in [1.165, 1.54) is 0 Å². The monoisotopic (exact) mass is 412 g/mol. The molecule has 0 aromatic carbocycles. The van der Waals surface area contributed by atoms with Crippen LogP contribution in [0.2, 0.25) is 0 Å². The van der Waals surface area contributed by atoms with Crippen LogP contribution >= 0.6 is 0 Å². The third kappa shape index (κ3) is 3.62. The van der Waals surface area contributed by atoms with Crippen molar-refractivity contribution in [3.05, 3.63) is 39.6 Å². The molecule has 2 aromatic rings. The lowest BCUT2D eigenvalue weighted by Gasteiger charge is -2.33. The zero-order chi connectivity index (χ0) is 20.5. The van der Waals surface area contributed by atoms with Gasteiger partial charge in [-0.05, 0) is 38.5 Å². The third-order valence-corrected chi connectivity index (χ3v) is 6.48. The number of carbonyl (C=O) groups is 1. The highest BCUT2D eigenvalue weighted by atomic mass is 16.5. The van der Waals surface area contributed by atoms with Gasteiger partial charge in [-0.15, -0.1) is 0 Å². The number of H-pyrrole nitrogens is 1. The van der Waals surface area contributed by atoms with Crippen LogP contribution in [-0.2, 0) is 17.6 Å². The quantitative estimate of drug-likeness (QED) is 0.813. The molecule has 0 spiro atoms. The summed E-state index contributed by atoms with van der Waals surface area (Å²) in [6.07, 6.45) is 7.57. The summed E-state index contributed by atoms with van der Waals surface area (Å²) in [6, 6.07) is 1.55. The summed E-state index contributed by atoms with van der Waals surface area (Å²) in [7, 11) is 0. The first kappa shape index (κ1) is 19.3. The van der Waals surface area contributed by atoms with Gasteiger partial charge in [-0.25, -0.2) is 4.68 Å². The van der Waals surface area contributed by atoms with Crippen LogP contribution in [0.3, 0.4) is 0 Å². The van der Waals surface area contributed by atoms with Crippen molar-refractivity contribution in [2.45, 2.75) is 44.6 Å². The lowest BCUT2D eigenvalue weighted by molar-refractivity contribution is 0.0662. The number of likely N-dealkylation sites (tertiary alicyclic amines) is 1. The molecule has 0 bridgehead atoms. The molecule has 2 aromatic heterocycles. The molecule has 30 heavy (non-hydrogen) atoms. The molecule has 0 saturated carbocycles. The minimum atomic E-state index is -0.115. The van der Waals surface area contributed by atoms with E-state index >= 15 is 0 Å². The van der Waals surface area contributed by atoms with Gasteiger partial charge in [0.2, 0.25) is 0 Å². The van der Waals surface area contributed by atoms with Crippen LogP contribution in [0.4, 0.5) is 5.69 Å². The summed E-state index contributed by atoms with van der Waals surface area (Å²) >= 11 is 0. The van der Waals surface area contributed by atoms with Gasteiger partial charge in [-0.1, -0.05) is 0 Å². The van der Waals surface area contributed by atoms with Crippen LogP contribution in [0.15, 0.2) is 17.1 Å². The molecule has 2 fully saturated rings. The Labute approximate surface area is 175 Å². The number of nitrogens with zero attached hydrogens (tertiary/aromatic N) is 5. The highest BCUT2D eigenvalue weighted by Gasteiger charge is 2.30. The topological polar surface area (TPSA) is 96.3 Å². The largest absolute Gasteiger partial charge is 0.378 e. The number of hydrogen-bond acceptors (Lipinski definition) is 6. The fourth-order valence-electron chi connectivity index (χ4n) is 4.82. The van der Waals surface area contributed by atoms with Gasteiger partial charge in [0.15, 0.2) is 5.69 Å². The molecule has 2 saturated heterocycles. The van der Waals surface area contributed by atoms with Crippen LogP contribution in [-0.4, -0.2) is 70.2 Å². The van der Waals surface area contributed by atoms with Crippen LogP contribution in [0, 0.1) is 0 Å². The molecule has 2 aliphatic heterocycles. The van der Waals surface area contributed by atoms with Gasteiger partial charge in [0, 0.05) is 43.5 Å². The molecule has 9 heteroatoms. The number of carbonyl (C=O) groups excluding carboxylic acids is 1. The van der Waals surface area contributed by atoms with Gasteiger partial charge < -0.3 is 14.5 Å². The normalized spacial score (nSPS) is 22.1. The first-order chi connectivity index (χ1) is 14.7. The second-order valence-electron chi connectivity index (χ2n) is 8.38. The predicted octanol–water partition coefficient (Wildman–Crippen LogP) is 1.16. The van der Waals surface area contributed by atoms with Crippen molar-refractivity contribution in [2.24, 2.45) is 0 Å². The van der Waals surface area contributed by atoms with E-state index in [1.54, 1.807) is 16.9 Å². The lowest BCUT2D eigenvalue weighted by atomic mass is 9.95. The van der Waals surface area contributed by atoms with Crippen LogP contribution < -0.4 is 10.5 Å². The van der Waals surface area contributed by atoms with E-state index in [2.05, 4.69) is 20.2 Å². The zero-order valence-electron chi connectivity index (χ0n) is 17.2. The molecule has 1 aliphatic carbocycles. The number of hydrogen-bond donors (Lipinski definition) is 1. The van der Waals surface area contributed by atoms with E-state index < -0.39 is 0 Å². The first-order valence-corrected chi connectivity index (χ1v) is 11.0. The van der Waals surface area contributed by atoms with Crippen molar-refractivity contribution in [3.63, 3.8) is 0 Å². The summed E-state index contributed by atoms with van der Waals surface area (Å²) in [6.45, 7) is 4.05. The minimum Gasteiger partial charge on any atom is -0.378 e. The van der Waals surface area contributed by atoms with Gasteiger partial charge in [0.1, 0.15) is 0 Å². The number of aryl methyl sites for hydroxylation is 1. The summed E-state index contributed by atoms with van der Waals surface area (Å²) in [5, 5.41) is 11.9. The maximum Gasteiger partial charge on any atom is 0.274 e. The van der Waals surface area contributed by atoms with E-state index in [-0.39, 0.29) is 17.5 Å². The molecular weight excluding hydrogens is 384 g/mol. The first-order valence-electron chi connectivity index (χ1n) is 11.0. The van der Waals surface area contributed by atoms with Gasteiger partial charge in [-0.3, -0.25) is 14.7 Å². The minimum absolute atomic E-state index is 0.0305. The Morgan fingerprint density at radius 1 is 1.13 bits per heavy atom. The summed E-state index contributed by atoms with van der Waals surface area (Å²) in [4.78, 5) is 29.9. The van der Waals surface area contributed by atoms with Gasteiger partial charge in [-0.2, -0.15) is 10.2 Å². The maximum atomic E-state index is 13.2. The molecule has 5 rings (SSSR count). The number of aromatic nitrogens is 4. The number of nitrogens with one attached hydrogen (secondary N) is 1. The molecular formula is C21H28N6O3. The summed E-state index contributed by atoms with van der Waals surface area (Å²) < 4.78 is 6.92. The summed E-state index contributed by atoms with van der Waals surface area (Å²) in [5.74, 6) is -0.0305. The Balaban J connectivity index is 1.32. The number of ether oxygens (including phenoxy) is 1. The second kappa shape index (κ2) is 8.22. The van der Waals surface area contributed by atoms with Crippen molar-refractivity contribution in [1.82, 2.24) is 24.9 Å². The second-order valence-corrected chi connectivity index (χ2v) is 8.38. The molecule has 0 radical (unpaired) electrons. The smallest absolute Gasteiger partial charge is 0.274 e. The Morgan fingerprint density at radius 2 is 1.97 bits per heavy atom. The van der Waals surface area contributed by atoms with Crippen LogP contribution in [0.25, 0.3) is 0 Å². The SMILES string of the molecule is O=C(c1n[nH]c2c1CCCC2)N1CCC[C@@H](n2ncc(N3CCOCC3)cc2=O)C1. The molecule has 1 N–H and O–H groups in total. The zero-order valence-corrected chi connectivity index (χ0v) is 17.2. The Bertz CT molecular complexity index is 977. The fraction of sp³-hybridized carbons (Fsp3) is 0.619. The van der Waals surface area contributed by atoms with E-state index in [0.29, 0.717) is 32.0 Å². The number of amides is 1. The Morgan fingerprint density at radius 3 is 2.80 bits per heavy atom. The average Bonchev–Trinajstić information content (AvgIpc) is 3.23. The van der Waals surface area contributed by atoms with Crippen LogP contribution in [0.1, 0.15) is 53.5 Å². The van der Waals surface area contributed by atoms with Gasteiger partial charge >= 0.3 is 0 Å². The molecule has 160 valence electrons. The predicted molar refractivity (Wildman–Crippen MR) is 111 cm³/mol. The van der Waals surface area contributed by atoms with E-state index in [1.807, 2.05) is 4.90 Å². The number of fused-ring (bicyclic) bond motifs is 1. The third-order valence-electron chi connectivity index (χ3n) is 6.48. The number of piperidine rings is 1. The van der Waals surface area contributed by atoms with Crippen molar-refractivity contribution in [2.75, 3.05) is 44.3 Å². The number of morpholine rings is 1. The van der Waals surface area contributed by atoms with Crippen LogP contribution in [0.5, 0.6) is 0 Å². The highest BCUT2D eigenvalue weighted by molar-refractivity contribution is 5.94. The number of aromatic amines is 1. The Hall–Kier alpha value is -2.68. The van der Waals surface area contributed by atoms with E-state index in [9.17, 15) is 9.59 Å². The number of rotatable bonds is 3. The van der Waals surface area contributed by atoms with Gasteiger partial charge in [0.05, 0.1) is 31.1 Å². The maximum absolute atomic E-state index is 13.2. The molecule has 3 aliphatic rings. The van der Waals surface area contributed by atoms with Crippen molar-refractivity contribution < 1.29 is 9.53 Å². The standard InChI is InChI=1S/C21H28N6O3/c28-19-12-16(25-8-10-30-11-9-25)13-22-27(19)15-4-3-7-26(14-15)21(29)20-17-5-1-2-6-18(17)23-24-20/h12-13,15H,1-11,14H2,(H,23,24)/t15-/m1/s1. The molecule has 9 nitrogen and oxygen atoms in total. The molecule has 4 heterocycles. The van der Waals surface area contributed by atoms with Crippen molar-refractivity contribution in [1.29, 1.82) is 0 Å². The highest BCUT2D eigenvalue weighted by Crippen LogP contribution is 2.26. The van der Waals surface area contributed by atoms with E-state index in [0.717, 1.165) is 68.6 Å². The summed E-state index contributed by atoms with van der Waals surface area (Å²) in [5.41, 5.74) is 3.48.